The SMILES string of the molecule is CC(O)CC(CNC(=O)NCC(C)(O)c1ccco1)c1ccccc1. The van der Waals surface area contributed by atoms with E-state index in [-0.39, 0.29) is 18.5 Å². The van der Waals surface area contributed by atoms with E-state index in [1.54, 1.807) is 26.0 Å². The van der Waals surface area contributed by atoms with Crippen LogP contribution in [0, 0.1) is 0 Å². The maximum absolute atomic E-state index is 12.1. The number of carbonyl (C=O) groups is 1. The smallest absolute Gasteiger partial charge is 0.314 e. The summed E-state index contributed by atoms with van der Waals surface area (Å²) in [5.74, 6) is 0.404. The normalized spacial score (nSPS) is 15.8. The van der Waals surface area contributed by atoms with Crippen molar-refractivity contribution in [2.75, 3.05) is 13.1 Å². The van der Waals surface area contributed by atoms with Gasteiger partial charge < -0.3 is 25.3 Å². The second-order valence-corrected chi connectivity index (χ2v) is 6.51. The maximum Gasteiger partial charge on any atom is 0.314 e. The number of hydrogen-bond acceptors (Lipinski definition) is 4. The molecule has 0 fully saturated rings. The number of aliphatic hydroxyl groups is 2. The van der Waals surface area contributed by atoms with Gasteiger partial charge >= 0.3 is 6.03 Å². The Kier molecular flexibility index (Phi) is 6.61. The highest BCUT2D eigenvalue weighted by Crippen LogP contribution is 2.21. The lowest BCUT2D eigenvalue weighted by molar-refractivity contribution is 0.0367. The third-order valence-corrected chi connectivity index (χ3v) is 4.05. The molecule has 0 spiro atoms. The van der Waals surface area contributed by atoms with Gasteiger partial charge in [0.2, 0.25) is 0 Å². The van der Waals surface area contributed by atoms with E-state index in [0.717, 1.165) is 5.56 Å². The van der Waals surface area contributed by atoms with E-state index >= 15 is 0 Å². The summed E-state index contributed by atoms with van der Waals surface area (Å²) >= 11 is 0. The zero-order valence-corrected chi connectivity index (χ0v) is 14.6. The molecule has 2 aromatic rings. The molecular formula is C19H26N2O4. The molecule has 2 rings (SSSR count). The van der Waals surface area contributed by atoms with Crippen LogP contribution >= 0.6 is 0 Å². The first-order valence-corrected chi connectivity index (χ1v) is 8.39. The van der Waals surface area contributed by atoms with Crippen LogP contribution in [0.4, 0.5) is 4.79 Å². The zero-order chi connectivity index (χ0) is 18.3. The maximum atomic E-state index is 12.1. The molecule has 3 atom stereocenters. The summed E-state index contributed by atoms with van der Waals surface area (Å²) in [6, 6.07) is 12.7. The van der Waals surface area contributed by atoms with Crippen molar-refractivity contribution >= 4 is 6.03 Å². The Morgan fingerprint density at radius 1 is 1.20 bits per heavy atom. The molecule has 0 aliphatic carbocycles. The van der Waals surface area contributed by atoms with Crippen molar-refractivity contribution in [2.24, 2.45) is 0 Å². The number of hydrogen-bond donors (Lipinski definition) is 4. The van der Waals surface area contributed by atoms with Crippen LogP contribution in [0.5, 0.6) is 0 Å². The Morgan fingerprint density at radius 3 is 2.52 bits per heavy atom. The molecule has 0 saturated heterocycles. The number of furan rings is 1. The molecule has 6 heteroatoms. The fraction of sp³-hybridized carbons (Fsp3) is 0.421. The van der Waals surface area contributed by atoms with E-state index in [0.29, 0.717) is 18.7 Å². The van der Waals surface area contributed by atoms with Crippen LogP contribution in [0.25, 0.3) is 0 Å². The second-order valence-electron chi connectivity index (χ2n) is 6.51. The number of aliphatic hydroxyl groups excluding tert-OH is 1. The molecule has 6 nitrogen and oxygen atoms in total. The fourth-order valence-electron chi connectivity index (χ4n) is 2.68. The predicted octanol–water partition coefficient (Wildman–Crippen LogP) is 2.34. The minimum atomic E-state index is -1.28. The summed E-state index contributed by atoms with van der Waals surface area (Å²) in [6.07, 6.45) is 1.56. The number of urea groups is 1. The van der Waals surface area contributed by atoms with Crippen molar-refractivity contribution in [1.29, 1.82) is 0 Å². The molecule has 0 saturated carbocycles. The van der Waals surface area contributed by atoms with Gasteiger partial charge in [0.05, 0.1) is 18.9 Å². The molecule has 136 valence electrons. The van der Waals surface area contributed by atoms with Crippen LogP contribution in [0.3, 0.4) is 0 Å². The summed E-state index contributed by atoms with van der Waals surface area (Å²) in [5, 5.41) is 25.5. The predicted molar refractivity (Wildman–Crippen MR) is 95.2 cm³/mol. The van der Waals surface area contributed by atoms with E-state index in [1.165, 1.54) is 6.26 Å². The Bertz CT molecular complexity index is 639. The third-order valence-electron chi connectivity index (χ3n) is 4.05. The lowest BCUT2D eigenvalue weighted by atomic mass is 9.93. The van der Waals surface area contributed by atoms with E-state index in [2.05, 4.69) is 10.6 Å². The van der Waals surface area contributed by atoms with Gasteiger partial charge in [-0.05, 0) is 38.0 Å². The molecule has 4 N–H and O–H groups in total. The van der Waals surface area contributed by atoms with Gasteiger partial charge in [0.15, 0.2) is 0 Å². The molecule has 0 aliphatic heterocycles. The first kappa shape index (κ1) is 19.0. The molecule has 1 aromatic carbocycles. The fourth-order valence-corrected chi connectivity index (χ4v) is 2.68. The molecule has 2 amide bonds. The van der Waals surface area contributed by atoms with E-state index in [9.17, 15) is 15.0 Å². The quantitative estimate of drug-likeness (QED) is 0.590. The van der Waals surface area contributed by atoms with Gasteiger partial charge in [-0.1, -0.05) is 30.3 Å². The Hall–Kier alpha value is -2.31. The topological polar surface area (TPSA) is 94.7 Å². The number of nitrogens with one attached hydrogen (secondary N) is 2. The minimum Gasteiger partial charge on any atom is -0.466 e. The van der Waals surface area contributed by atoms with Gasteiger partial charge in [0.25, 0.3) is 0 Å². The minimum absolute atomic E-state index is 0.0116. The largest absolute Gasteiger partial charge is 0.466 e. The Labute approximate surface area is 147 Å². The Balaban J connectivity index is 1.86. The van der Waals surface area contributed by atoms with Crippen molar-refractivity contribution in [3.05, 3.63) is 60.1 Å². The van der Waals surface area contributed by atoms with E-state index in [1.807, 2.05) is 30.3 Å². The van der Waals surface area contributed by atoms with Crippen molar-refractivity contribution in [1.82, 2.24) is 10.6 Å². The van der Waals surface area contributed by atoms with Crippen LogP contribution in [0.2, 0.25) is 0 Å². The summed E-state index contributed by atoms with van der Waals surface area (Å²) in [4.78, 5) is 12.1. The van der Waals surface area contributed by atoms with Crippen LogP contribution in [-0.4, -0.2) is 35.4 Å². The average Bonchev–Trinajstić information content (AvgIpc) is 3.13. The lowest BCUT2D eigenvalue weighted by Gasteiger charge is -2.23. The molecule has 1 aromatic heterocycles. The van der Waals surface area contributed by atoms with Crippen LogP contribution in [-0.2, 0) is 5.60 Å². The standard InChI is InChI=1S/C19H26N2O4/c1-14(22)11-16(15-7-4-3-5-8-15)12-20-18(23)21-13-19(2,24)17-9-6-10-25-17/h3-10,14,16,22,24H,11-13H2,1-2H3,(H2,20,21,23). The van der Waals surface area contributed by atoms with Crippen LogP contribution in [0.15, 0.2) is 53.1 Å². The highest BCUT2D eigenvalue weighted by atomic mass is 16.4. The molecule has 3 unspecified atom stereocenters. The molecular weight excluding hydrogens is 320 g/mol. The van der Waals surface area contributed by atoms with Gasteiger partial charge in [-0.3, -0.25) is 0 Å². The first-order chi connectivity index (χ1) is 11.9. The number of benzene rings is 1. The van der Waals surface area contributed by atoms with Crippen LogP contribution in [0.1, 0.15) is 37.5 Å². The second kappa shape index (κ2) is 8.69. The van der Waals surface area contributed by atoms with Gasteiger partial charge in [0.1, 0.15) is 11.4 Å². The van der Waals surface area contributed by atoms with Gasteiger partial charge in [-0.2, -0.15) is 0 Å². The zero-order valence-electron chi connectivity index (χ0n) is 14.6. The highest BCUT2D eigenvalue weighted by molar-refractivity contribution is 5.74. The Morgan fingerprint density at radius 2 is 1.92 bits per heavy atom. The van der Waals surface area contributed by atoms with Crippen molar-refractivity contribution in [2.45, 2.75) is 37.9 Å². The molecule has 0 aliphatic rings. The first-order valence-electron chi connectivity index (χ1n) is 8.39. The average molecular weight is 346 g/mol. The van der Waals surface area contributed by atoms with Crippen molar-refractivity contribution < 1.29 is 19.4 Å². The van der Waals surface area contributed by atoms with Crippen LogP contribution < -0.4 is 10.6 Å². The van der Waals surface area contributed by atoms with E-state index in [4.69, 9.17) is 4.42 Å². The van der Waals surface area contributed by atoms with Gasteiger partial charge in [0, 0.05) is 12.5 Å². The summed E-state index contributed by atoms with van der Waals surface area (Å²) < 4.78 is 5.18. The lowest BCUT2D eigenvalue weighted by Crippen LogP contribution is -2.44. The number of amides is 2. The van der Waals surface area contributed by atoms with Crippen molar-refractivity contribution in [3.8, 4) is 0 Å². The number of carbonyl (C=O) groups excluding carboxylic acids is 1. The molecule has 25 heavy (non-hydrogen) atoms. The molecule has 0 radical (unpaired) electrons. The van der Waals surface area contributed by atoms with Gasteiger partial charge in [-0.15, -0.1) is 0 Å². The molecule has 1 heterocycles. The summed E-state index contributed by atoms with van der Waals surface area (Å²) in [7, 11) is 0. The third kappa shape index (κ3) is 5.92. The van der Waals surface area contributed by atoms with Gasteiger partial charge in [-0.25, -0.2) is 4.79 Å². The molecule has 0 bridgehead atoms. The van der Waals surface area contributed by atoms with E-state index < -0.39 is 11.7 Å². The number of rotatable bonds is 8. The summed E-state index contributed by atoms with van der Waals surface area (Å²) in [6.45, 7) is 3.73. The summed E-state index contributed by atoms with van der Waals surface area (Å²) in [5.41, 5.74) is -0.217. The van der Waals surface area contributed by atoms with Crippen molar-refractivity contribution in [3.63, 3.8) is 0 Å². The highest BCUT2D eigenvalue weighted by Gasteiger charge is 2.27. The monoisotopic (exact) mass is 346 g/mol.